The first kappa shape index (κ1) is 15.2. The second-order valence-corrected chi connectivity index (χ2v) is 7.30. The molecular formula is C16H10BrClN2OS. The fourth-order valence-electron chi connectivity index (χ4n) is 2.01. The first-order valence-corrected chi connectivity index (χ1v) is 8.40. The minimum absolute atomic E-state index is 0.297. The van der Waals surface area contributed by atoms with Gasteiger partial charge in [0.25, 0.3) is 5.91 Å². The standard InChI is InChI=1S/C16H10BrClN2OS/c17-15-13(12-6-1-2-7-14(12)22-15)9-19-20-16(21)10-4-3-5-11(18)8-10/h1-9H,(H,20,21)/b19-9-. The molecule has 3 nitrogen and oxygen atoms in total. The summed E-state index contributed by atoms with van der Waals surface area (Å²) in [5.74, 6) is -0.297. The lowest BCUT2D eigenvalue weighted by Gasteiger charge is -2.00. The van der Waals surface area contributed by atoms with Crippen LogP contribution in [0.3, 0.4) is 0 Å². The molecule has 1 heterocycles. The van der Waals surface area contributed by atoms with Gasteiger partial charge in [0.2, 0.25) is 0 Å². The lowest BCUT2D eigenvalue weighted by molar-refractivity contribution is 0.0955. The number of thiophene rings is 1. The highest BCUT2D eigenvalue weighted by Gasteiger charge is 2.08. The zero-order valence-corrected chi connectivity index (χ0v) is 14.4. The summed E-state index contributed by atoms with van der Waals surface area (Å²) in [5.41, 5.74) is 3.93. The van der Waals surface area contributed by atoms with Gasteiger partial charge in [0, 0.05) is 26.2 Å². The minimum atomic E-state index is -0.297. The van der Waals surface area contributed by atoms with Crippen LogP contribution in [0, 0.1) is 0 Å². The number of benzene rings is 2. The minimum Gasteiger partial charge on any atom is -0.267 e. The van der Waals surface area contributed by atoms with E-state index in [9.17, 15) is 4.79 Å². The van der Waals surface area contributed by atoms with Crippen LogP contribution in [-0.4, -0.2) is 12.1 Å². The molecule has 0 spiro atoms. The number of hydrogen-bond acceptors (Lipinski definition) is 3. The van der Waals surface area contributed by atoms with E-state index in [1.807, 2.05) is 24.3 Å². The van der Waals surface area contributed by atoms with Crippen LogP contribution in [0.4, 0.5) is 0 Å². The second-order valence-electron chi connectivity index (χ2n) is 4.50. The third kappa shape index (κ3) is 3.21. The molecule has 3 rings (SSSR count). The number of carbonyl (C=O) groups is 1. The average Bonchev–Trinajstić information content (AvgIpc) is 2.83. The van der Waals surface area contributed by atoms with Crippen molar-refractivity contribution in [3.63, 3.8) is 0 Å². The maximum Gasteiger partial charge on any atom is 0.271 e. The van der Waals surface area contributed by atoms with Gasteiger partial charge in [0.1, 0.15) is 0 Å². The van der Waals surface area contributed by atoms with E-state index in [4.69, 9.17) is 11.6 Å². The van der Waals surface area contributed by atoms with E-state index in [2.05, 4.69) is 26.5 Å². The van der Waals surface area contributed by atoms with Crippen molar-refractivity contribution in [2.45, 2.75) is 0 Å². The predicted molar refractivity (Wildman–Crippen MR) is 96.0 cm³/mol. The average molecular weight is 394 g/mol. The fourth-order valence-corrected chi connectivity index (χ4v) is 3.94. The summed E-state index contributed by atoms with van der Waals surface area (Å²) in [7, 11) is 0. The number of nitrogens with one attached hydrogen (secondary N) is 1. The van der Waals surface area contributed by atoms with Crippen molar-refractivity contribution in [3.8, 4) is 0 Å². The van der Waals surface area contributed by atoms with E-state index in [0.717, 1.165) is 19.4 Å². The molecule has 0 aliphatic heterocycles. The number of rotatable bonds is 3. The third-order valence-electron chi connectivity index (χ3n) is 3.04. The molecule has 1 amide bonds. The second kappa shape index (κ2) is 6.60. The molecule has 0 bridgehead atoms. The van der Waals surface area contributed by atoms with Crippen molar-refractivity contribution in [1.29, 1.82) is 0 Å². The highest BCUT2D eigenvalue weighted by molar-refractivity contribution is 9.11. The summed E-state index contributed by atoms with van der Waals surface area (Å²) in [6, 6.07) is 14.8. The van der Waals surface area contributed by atoms with Crippen LogP contribution >= 0.6 is 38.9 Å². The number of hydrazone groups is 1. The Morgan fingerprint density at radius 2 is 2.05 bits per heavy atom. The molecule has 3 aromatic rings. The Morgan fingerprint density at radius 1 is 1.23 bits per heavy atom. The Kier molecular flexibility index (Phi) is 4.57. The topological polar surface area (TPSA) is 41.5 Å². The fraction of sp³-hybridized carbons (Fsp3) is 0. The number of halogens is 2. The Labute approximate surface area is 144 Å². The maximum atomic E-state index is 12.0. The molecule has 0 atom stereocenters. The molecule has 0 aliphatic carbocycles. The Morgan fingerprint density at radius 3 is 2.86 bits per heavy atom. The largest absolute Gasteiger partial charge is 0.271 e. The van der Waals surface area contributed by atoms with Gasteiger partial charge < -0.3 is 0 Å². The van der Waals surface area contributed by atoms with E-state index in [1.54, 1.807) is 41.8 Å². The van der Waals surface area contributed by atoms with Crippen LogP contribution in [0.2, 0.25) is 5.02 Å². The van der Waals surface area contributed by atoms with E-state index >= 15 is 0 Å². The Hall–Kier alpha value is -1.69. The molecule has 0 saturated carbocycles. The van der Waals surface area contributed by atoms with Gasteiger partial charge in [0.15, 0.2) is 0 Å². The molecule has 110 valence electrons. The van der Waals surface area contributed by atoms with Gasteiger partial charge in [-0.3, -0.25) is 4.79 Å². The van der Waals surface area contributed by atoms with Gasteiger partial charge in [-0.2, -0.15) is 5.10 Å². The van der Waals surface area contributed by atoms with Crippen LogP contribution in [0.25, 0.3) is 10.1 Å². The van der Waals surface area contributed by atoms with E-state index in [1.165, 1.54) is 0 Å². The van der Waals surface area contributed by atoms with Gasteiger partial charge in [-0.05, 0) is 40.2 Å². The first-order chi connectivity index (χ1) is 10.6. The first-order valence-electron chi connectivity index (χ1n) is 6.41. The molecule has 0 aliphatic rings. The summed E-state index contributed by atoms with van der Waals surface area (Å²) >= 11 is 11.0. The van der Waals surface area contributed by atoms with Crippen LogP contribution in [0.15, 0.2) is 57.4 Å². The molecule has 0 unspecified atom stereocenters. The molecular weight excluding hydrogens is 384 g/mol. The third-order valence-corrected chi connectivity index (χ3v) is 5.16. The number of hydrogen-bond donors (Lipinski definition) is 1. The van der Waals surface area contributed by atoms with Crippen molar-refractivity contribution >= 4 is 61.1 Å². The molecule has 22 heavy (non-hydrogen) atoms. The number of carbonyl (C=O) groups excluding carboxylic acids is 1. The number of fused-ring (bicyclic) bond motifs is 1. The predicted octanol–water partition coefficient (Wildman–Crippen LogP) is 5.08. The van der Waals surface area contributed by atoms with Gasteiger partial charge in [-0.25, -0.2) is 5.43 Å². The van der Waals surface area contributed by atoms with Crippen molar-refractivity contribution in [1.82, 2.24) is 5.43 Å². The SMILES string of the molecule is O=C(N/N=C\c1c(Br)sc2ccccc12)c1cccc(Cl)c1. The summed E-state index contributed by atoms with van der Waals surface area (Å²) in [6.07, 6.45) is 1.64. The van der Waals surface area contributed by atoms with Crippen molar-refractivity contribution in [2.75, 3.05) is 0 Å². The van der Waals surface area contributed by atoms with E-state index < -0.39 is 0 Å². The number of nitrogens with zero attached hydrogens (tertiary/aromatic N) is 1. The van der Waals surface area contributed by atoms with Crippen LogP contribution in [0.5, 0.6) is 0 Å². The van der Waals surface area contributed by atoms with Crippen LogP contribution in [0.1, 0.15) is 15.9 Å². The zero-order valence-electron chi connectivity index (χ0n) is 11.2. The van der Waals surface area contributed by atoms with Gasteiger partial charge in [-0.1, -0.05) is 35.9 Å². The van der Waals surface area contributed by atoms with Gasteiger partial charge in [-0.15, -0.1) is 11.3 Å². The summed E-state index contributed by atoms with van der Waals surface area (Å²) in [6.45, 7) is 0. The number of amides is 1. The molecule has 1 N–H and O–H groups in total. The summed E-state index contributed by atoms with van der Waals surface area (Å²) < 4.78 is 2.14. The molecule has 6 heteroatoms. The van der Waals surface area contributed by atoms with Gasteiger partial charge in [0.05, 0.1) is 10.0 Å². The smallest absolute Gasteiger partial charge is 0.267 e. The summed E-state index contributed by atoms with van der Waals surface area (Å²) in [4.78, 5) is 12.0. The molecule has 1 aromatic heterocycles. The van der Waals surface area contributed by atoms with Crippen LogP contribution < -0.4 is 5.43 Å². The monoisotopic (exact) mass is 392 g/mol. The zero-order chi connectivity index (χ0) is 15.5. The van der Waals surface area contributed by atoms with Crippen molar-refractivity contribution in [2.24, 2.45) is 5.10 Å². The lowest BCUT2D eigenvalue weighted by Crippen LogP contribution is -2.17. The molecule has 0 fully saturated rings. The van der Waals surface area contributed by atoms with E-state index in [0.29, 0.717) is 10.6 Å². The van der Waals surface area contributed by atoms with E-state index in [-0.39, 0.29) is 5.91 Å². The quantitative estimate of drug-likeness (QED) is 0.489. The van der Waals surface area contributed by atoms with Crippen molar-refractivity contribution in [3.05, 3.63) is 68.5 Å². The normalized spacial score (nSPS) is 11.2. The maximum absolute atomic E-state index is 12.0. The lowest BCUT2D eigenvalue weighted by atomic mass is 10.2. The molecule has 0 saturated heterocycles. The highest BCUT2D eigenvalue weighted by Crippen LogP contribution is 2.33. The van der Waals surface area contributed by atoms with Crippen LogP contribution in [-0.2, 0) is 0 Å². The van der Waals surface area contributed by atoms with Gasteiger partial charge >= 0.3 is 0 Å². The summed E-state index contributed by atoms with van der Waals surface area (Å²) in [5, 5.41) is 5.65. The Balaban J connectivity index is 1.79. The Bertz CT molecular complexity index is 875. The van der Waals surface area contributed by atoms with Crippen molar-refractivity contribution < 1.29 is 4.79 Å². The molecule has 0 radical (unpaired) electrons. The molecule has 2 aromatic carbocycles. The highest BCUT2D eigenvalue weighted by atomic mass is 79.9.